The molecule has 3 rings (SSSR count). The number of hydrogen-bond acceptors (Lipinski definition) is 3. The monoisotopic (exact) mass is 285 g/mol. The number of amides is 1. The smallest absolute Gasteiger partial charge is 0.271 e. The summed E-state index contributed by atoms with van der Waals surface area (Å²) in [7, 11) is 0. The number of carbonyl (C=O) groups excluding carboxylic acids is 1. The van der Waals surface area contributed by atoms with Crippen LogP contribution in [0.3, 0.4) is 0 Å². The van der Waals surface area contributed by atoms with E-state index in [1.807, 2.05) is 6.92 Å². The quantitative estimate of drug-likeness (QED) is 0.938. The summed E-state index contributed by atoms with van der Waals surface area (Å²) in [6.07, 6.45) is 5.04. The Hall–Kier alpha value is -2.30. The highest BCUT2D eigenvalue weighted by molar-refractivity contribution is 5.92. The van der Waals surface area contributed by atoms with Crippen molar-refractivity contribution in [1.29, 1.82) is 0 Å². The first-order valence-corrected chi connectivity index (χ1v) is 6.92. The maximum Gasteiger partial charge on any atom is 0.271 e. The average molecular weight is 285 g/mol. The second-order valence-electron chi connectivity index (χ2n) is 5.51. The van der Waals surface area contributed by atoms with E-state index < -0.39 is 0 Å². The summed E-state index contributed by atoms with van der Waals surface area (Å²) in [6.45, 7) is 2.36. The van der Waals surface area contributed by atoms with E-state index in [9.17, 15) is 9.18 Å². The van der Waals surface area contributed by atoms with Crippen molar-refractivity contribution >= 4 is 5.91 Å². The van der Waals surface area contributed by atoms with Crippen LogP contribution >= 0.6 is 0 Å². The number of carbonyl (C=O) groups is 1. The van der Waals surface area contributed by atoms with Gasteiger partial charge in [-0.05, 0) is 37.5 Å². The minimum atomic E-state index is -0.242. The number of aromatic nitrogens is 2. The summed E-state index contributed by atoms with van der Waals surface area (Å²) in [6, 6.07) is 6.51. The van der Waals surface area contributed by atoms with Gasteiger partial charge in [0.2, 0.25) is 0 Å². The number of nitrogens with one attached hydrogen (secondary N) is 1. The van der Waals surface area contributed by atoms with Gasteiger partial charge in [0.15, 0.2) is 0 Å². The van der Waals surface area contributed by atoms with Crippen molar-refractivity contribution < 1.29 is 9.18 Å². The molecule has 0 unspecified atom stereocenters. The molecule has 5 heteroatoms. The molecule has 1 amide bonds. The van der Waals surface area contributed by atoms with Gasteiger partial charge in [0.25, 0.3) is 5.91 Å². The van der Waals surface area contributed by atoms with Crippen LogP contribution in [0.1, 0.15) is 34.6 Å². The zero-order chi connectivity index (χ0) is 14.9. The third kappa shape index (κ3) is 2.91. The van der Waals surface area contributed by atoms with Crippen molar-refractivity contribution in [1.82, 2.24) is 15.3 Å². The average Bonchev–Trinajstić information content (AvgIpc) is 3.27. The minimum Gasteiger partial charge on any atom is -0.350 e. The van der Waals surface area contributed by atoms with E-state index in [0.717, 1.165) is 24.1 Å². The zero-order valence-corrected chi connectivity index (χ0v) is 11.8. The summed E-state index contributed by atoms with van der Waals surface area (Å²) in [5, 5.41) is 2.90. The molecule has 0 radical (unpaired) electrons. The number of nitrogens with zero attached hydrogens (tertiary/aromatic N) is 2. The Morgan fingerprint density at radius 2 is 1.95 bits per heavy atom. The first-order chi connectivity index (χ1) is 10.1. The standard InChI is InChI=1S/C16H16FN3O/c1-11-8-19-14(9-18-11)15(21)20-10-16(6-7-16)12-2-4-13(17)5-3-12/h2-5,8-9H,6-7,10H2,1H3,(H,20,21). The number of benzene rings is 1. The lowest BCUT2D eigenvalue weighted by molar-refractivity contribution is 0.0944. The van der Waals surface area contributed by atoms with Gasteiger partial charge in [-0.25, -0.2) is 9.37 Å². The lowest BCUT2D eigenvalue weighted by Crippen LogP contribution is -2.32. The Kier molecular flexibility index (Phi) is 3.41. The molecule has 1 aliphatic rings. The Morgan fingerprint density at radius 1 is 1.24 bits per heavy atom. The molecule has 0 spiro atoms. The van der Waals surface area contributed by atoms with Gasteiger partial charge < -0.3 is 5.32 Å². The Bertz CT molecular complexity index is 648. The molecule has 4 nitrogen and oxygen atoms in total. The number of rotatable bonds is 4. The first-order valence-electron chi connectivity index (χ1n) is 6.92. The van der Waals surface area contributed by atoms with E-state index in [2.05, 4.69) is 15.3 Å². The summed E-state index contributed by atoms with van der Waals surface area (Å²) >= 11 is 0. The molecule has 1 aromatic heterocycles. The SMILES string of the molecule is Cc1cnc(C(=O)NCC2(c3ccc(F)cc3)CC2)cn1. The summed E-state index contributed by atoms with van der Waals surface area (Å²) in [5.74, 6) is -0.468. The molecular formula is C16H16FN3O. The van der Waals surface area contributed by atoms with Crippen LogP contribution in [0, 0.1) is 12.7 Å². The van der Waals surface area contributed by atoms with Crippen molar-refractivity contribution in [2.24, 2.45) is 0 Å². The maximum absolute atomic E-state index is 13.0. The number of hydrogen-bond donors (Lipinski definition) is 1. The lowest BCUT2D eigenvalue weighted by Gasteiger charge is -2.16. The van der Waals surface area contributed by atoms with Crippen LogP contribution in [0.15, 0.2) is 36.7 Å². The highest BCUT2D eigenvalue weighted by Crippen LogP contribution is 2.47. The fourth-order valence-electron chi connectivity index (χ4n) is 2.37. The number of halogens is 1. The van der Waals surface area contributed by atoms with Crippen LogP contribution in [0.2, 0.25) is 0 Å². The molecule has 21 heavy (non-hydrogen) atoms. The van der Waals surface area contributed by atoms with Crippen LogP contribution in [0.4, 0.5) is 4.39 Å². The maximum atomic E-state index is 13.0. The van der Waals surface area contributed by atoms with E-state index in [1.54, 1.807) is 18.3 Å². The van der Waals surface area contributed by atoms with Gasteiger partial charge in [-0.1, -0.05) is 12.1 Å². The van der Waals surface area contributed by atoms with Crippen LogP contribution in [-0.4, -0.2) is 22.4 Å². The molecule has 1 aliphatic carbocycles. The third-order valence-electron chi connectivity index (χ3n) is 3.91. The molecule has 1 saturated carbocycles. The Balaban J connectivity index is 1.66. The van der Waals surface area contributed by atoms with E-state index in [-0.39, 0.29) is 17.1 Å². The molecule has 1 N–H and O–H groups in total. The van der Waals surface area contributed by atoms with Crippen molar-refractivity contribution in [3.05, 3.63) is 59.4 Å². The van der Waals surface area contributed by atoms with Crippen molar-refractivity contribution in [3.63, 3.8) is 0 Å². The second kappa shape index (κ2) is 5.24. The minimum absolute atomic E-state index is 0.0541. The molecule has 0 atom stereocenters. The summed E-state index contributed by atoms with van der Waals surface area (Å²) in [5.41, 5.74) is 2.10. The fraction of sp³-hybridized carbons (Fsp3) is 0.312. The van der Waals surface area contributed by atoms with Gasteiger partial charge in [0.1, 0.15) is 11.5 Å². The topological polar surface area (TPSA) is 54.9 Å². The van der Waals surface area contributed by atoms with E-state index in [0.29, 0.717) is 12.2 Å². The normalized spacial score (nSPS) is 15.5. The molecular weight excluding hydrogens is 269 g/mol. The van der Waals surface area contributed by atoms with Crippen LogP contribution in [0.25, 0.3) is 0 Å². The summed E-state index contributed by atoms with van der Waals surface area (Å²) in [4.78, 5) is 20.2. The predicted octanol–water partition coefficient (Wildman–Crippen LogP) is 2.39. The molecule has 1 fully saturated rings. The Morgan fingerprint density at radius 3 is 2.52 bits per heavy atom. The molecule has 0 aliphatic heterocycles. The molecule has 108 valence electrons. The molecule has 1 aromatic carbocycles. The van der Waals surface area contributed by atoms with E-state index >= 15 is 0 Å². The molecule has 0 saturated heterocycles. The van der Waals surface area contributed by atoms with Gasteiger partial charge in [-0.15, -0.1) is 0 Å². The highest BCUT2D eigenvalue weighted by atomic mass is 19.1. The summed E-state index contributed by atoms with van der Waals surface area (Å²) < 4.78 is 13.0. The van der Waals surface area contributed by atoms with Crippen LogP contribution in [-0.2, 0) is 5.41 Å². The molecule has 2 aromatic rings. The molecule has 1 heterocycles. The largest absolute Gasteiger partial charge is 0.350 e. The van der Waals surface area contributed by atoms with Gasteiger partial charge in [-0.3, -0.25) is 9.78 Å². The van der Waals surface area contributed by atoms with E-state index in [1.165, 1.54) is 18.3 Å². The van der Waals surface area contributed by atoms with Crippen LogP contribution < -0.4 is 5.32 Å². The third-order valence-corrected chi connectivity index (χ3v) is 3.91. The predicted molar refractivity (Wildman–Crippen MR) is 76.4 cm³/mol. The fourth-order valence-corrected chi connectivity index (χ4v) is 2.37. The van der Waals surface area contributed by atoms with Crippen molar-refractivity contribution in [2.45, 2.75) is 25.2 Å². The Labute approximate surface area is 122 Å². The molecule has 0 bridgehead atoms. The van der Waals surface area contributed by atoms with Gasteiger partial charge >= 0.3 is 0 Å². The first kappa shape index (κ1) is 13.7. The number of aryl methyl sites for hydroxylation is 1. The zero-order valence-electron chi connectivity index (χ0n) is 11.8. The lowest BCUT2D eigenvalue weighted by atomic mass is 9.96. The van der Waals surface area contributed by atoms with Crippen LogP contribution in [0.5, 0.6) is 0 Å². The van der Waals surface area contributed by atoms with E-state index in [4.69, 9.17) is 0 Å². The highest BCUT2D eigenvalue weighted by Gasteiger charge is 2.44. The van der Waals surface area contributed by atoms with Crippen molar-refractivity contribution in [2.75, 3.05) is 6.54 Å². The van der Waals surface area contributed by atoms with Gasteiger partial charge in [-0.2, -0.15) is 0 Å². The van der Waals surface area contributed by atoms with Crippen molar-refractivity contribution in [3.8, 4) is 0 Å². The second-order valence-corrected chi connectivity index (χ2v) is 5.51. The van der Waals surface area contributed by atoms with Gasteiger partial charge in [0, 0.05) is 18.2 Å². The van der Waals surface area contributed by atoms with Gasteiger partial charge in [0.05, 0.1) is 11.9 Å².